The van der Waals surface area contributed by atoms with Gasteiger partial charge in [0, 0.05) is 13.1 Å². The number of anilines is 2. The minimum atomic E-state index is 0.409. The third-order valence-corrected chi connectivity index (χ3v) is 4.32. The summed E-state index contributed by atoms with van der Waals surface area (Å²) in [5.41, 5.74) is 8.47. The van der Waals surface area contributed by atoms with E-state index in [2.05, 4.69) is 31.7 Å². The average molecular weight is 262 g/mol. The topological polar surface area (TPSA) is 38.5 Å². The van der Waals surface area contributed by atoms with Crippen LogP contribution in [0.5, 0.6) is 5.75 Å². The molecule has 19 heavy (non-hydrogen) atoms. The van der Waals surface area contributed by atoms with Crippen LogP contribution in [0, 0.1) is 11.3 Å². The molecule has 0 aromatic heterocycles. The zero-order chi connectivity index (χ0) is 14.0. The summed E-state index contributed by atoms with van der Waals surface area (Å²) in [6, 6.07) is 6.02. The predicted octanol–water partition coefficient (Wildman–Crippen LogP) is 3.54. The first-order valence-corrected chi connectivity index (χ1v) is 7.11. The molecule has 1 aromatic rings. The van der Waals surface area contributed by atoms with Crippen LogP contribution in [-0.4, -0.2) is 20.2 Å². The molecule has 0 atom stereocenters. The van der Waals surface area contributed by atoms with Crippen LogP contribution in [0.3, 0.4) is 0 Å². The molecule has 0 unspecified atom stereocenters. The largest absolute Gasteiger partial charge is 0.495 e. The van der Waals surface area contributed by atoms with E-state index < -0.39 is 0 Å². The van der Waals surface area contributed by atoms with Crippen molar-refractivity contribution in [1.29, 1.82) is 0 Å². The lowest BCUT2D eigenvalue weighted by atomic mass is 9.75. The monoisotopic (exact) mass is 262 g/mol. The second kappa shape index (κ2) is 5.32. The lowest BCUT2D eigenvalue weighted by Crippen LogP contribution is -2.38. The zero-order valence-corrected chi connectivity index (χ0v) is 12.6. The Hall–Kier alpha value is -1.38. The normalized spacial score (nSPS) is 17.6. The van der Waals surface area contributed by atoms with Gasteiger partial charge in [-0.1, -0.05) is 26.8 Å². The summed E-state index contributed by atoms with van der Waals surface area (Å²) in [5.74, 6) is 1.58. The maximum Gasteiger partial charge on any atom is 0.143 e. The molecule has 1 heterocycles. The van der Waals surface area contributed by atoms with Gasteiger partial charge in [0.15, 0.2) is 0 Å². The van der Waals surface area contributed by atoms with E-state index in [1.165, 1.54) is 12.8 Å². The number of ether oxygens (including phenoxy) is 1. The maximum absolute atomic E-state index is 6.18. The van der Waals surface area contributed by atoms with Gasteiger partial charge in [-0.25, -0.2) is 0 Å². The molecule has 2 rings (SSSR count). The third kappa shape index (κ3) is 2.96. The van der Waals surface area contributed by atoms with Crippen molar-refractivity contribution in [2.24, 2.45) is 11.3 Å². The molecule has 3 heteroatoms. The molecule has 1 aromatic carbocycles. The summed E-state index contributed by atoms with van der Waals surface area (Å²) in [5, 5.41) is 0. The summed E-state index contributed by atoms with van der Waals surface area (Å²) in [7, 11) is 1.67. The predicted molar refractivity (Wildman–Crippen MR) is 81.8 cm³/mol. The van der Waals surface area contributed by atoms with E-state index in [0.29, 0.717) is 5.41 Å². The van der Waals surface area contributed by atoms with Gasteiger partial charge in [-0.15, -0.1) is 0 Å². The maximum atomic E-state index is 6.18. The van der Waals surface area contributed by atoms with Crippen molar-refractivity contribution in [3.63, 3.8) is 0 Å². The number of rotatable bonds is 2. The van der Waals surface area contributed by atoms with Gasteiger partial charge >= 0.3 is 0 Å². The zero-order valence-electron chi connectivity index (χ0n) is 12.6. The van der Waals surface area contributed by atoms with Crippen molar-refractivity contribution < 1.29 is 4.74 Å². The lowest BCUT2D eigenvalue weighted by Gasteiger charge is -2.40. The smallest absolute Gasteiger partial charge is 0.143 e. The van der Waals surface area contributed by atoms with Gasteiger partial charge in [0.05, 0.1) is 18.5 Å². The highest BCUT2D eigenvalue weighted by Crippen LogP contribution is 2.38. The van der Waals surface area contributed by atoms with E-state index in [1.54, 1.807) is 7.11 Å². The number of benzene rings is 1. The summed E-state index contributed by atoms with van der Waals surface area (Å²) in [6.07, 6.45) is 2.47. The number of methoxy groups -OCH3 is 1. The Labute approximate surface area is 116 Å². The van der Waals surface area contributed by atoms with E-state index in [1.807, 2.05) is 12.1 Å². The summed E-state index contributed by atoms with van der Waals surface area (Å²) >= 11 is 0. The number of nitrogen functional groups attached to an aromatic ring is 1. The fourth-order valence-electron chi connectivity index (χ4n) is 2.97. The Balaban J connectivity index is 2.10. The van der Waals surface area contributed by atoms with Crippen LogP contribution in [-0.2, 0) is 0 Å². The summed E-state index contributed by atoms with van der Waals surface area (Å²) in [4.78, 5) is 2.39. The molecule has 106 valence electrons. The molecule has 0 radical (unpaired) electrons. The molecule has 1 aliphatic rings. The fraction of sp³-hybridized carbons (Fsp3) is 0.625. The molecule has 0 bridgehead atoms. The van der Waals surface area contributed by atoms with Crippen LogP contribution >= 0.6 is 0 Å². The second-order valence-electron chi connectivity index (χ2n) is 6.52. The average Bonchev–Trinajstić information content (AvgIpc) is 2.38. The molecule has 0 saturated carbocycles. The van der Waals surface area contributed by atoms with Gasteiger partial charge in [0.1, 0.15) is 5.75 Å². The van der Waals surface area contributed by atoms with E-state index in [9.17, 15) is 0 Å². The van der Waals surface area contributed by atoms with Gasteiger partial charge in [0.2, 0.25) is 0 Å². The Morgan fingerprint density at radius 1 is 1.21 bits per heavy atom. The Kier molecular flexibility index (Phi) is 3.93. The first kappa shape index (κ1) is 14.0. The van der Waals surface area contributed by atoms with Crippen molar-refractivity contribution in [2.45, 2.75) is 33.6 Å². The quantitative estimate of drug-likeness (QED) is 0.828. The number of hydrogen-bond donors (Lipinski definition) is 1. The molecular formula is C16H26N2O. The Bertz CT molecular complexity index is 429. The van der Waals surface area contributed by atoms with Crippen molar-refractivity contribution in [2.75, 3.05) is 30.8 Å². The molecule has 0 aliphatic carbocycles. The van der Waals surface area contributed by atoms with Crippen LogP contribution in [0.25, 0.3) is 0 Å². The highest BCUT2D eigenvalue weighted by atomic mass is 16.5. The number of nitrogens with two attached hydrogens (primary N) is 1. The Morgan fingerprint density at radius 3 is 2.37 bits per heavy atom. The summed E-state index contributed by atoms with van der Waals surface area (Å²) in [6.45, 7) is 9.19. The first-order valence-electron chi connectivity index (χ1n) is 7.11. The third-order valence-electron chi connectivity index (χ3n) is 4.32. The van der Waals surface area contributed by atoms with Crippen LogP contribution < -0.4 is 15.4 Å². The van der Waals surface area contributed by atoms with Gasteiger partial charge in [-0.2, -0.15) is 0 Å². The number of piperidine rings is 1. The summed E-state index contributed by atoms with van der Waals surface area (Å²) < 4.78 is 5.30. The molecule has 0 amide bonds. The molecular weight excluding hydrogens is 236 g/mol. The minimum absolute atomic E-state index is 0.409. The molecule has 0 spiro atoms. The highest BCUT2D eigenvalue weighted by molar-refractivity contribution is 5.74. The van der Waals surface area contributed by atoms with Crippen molar-refractivity contribution in [3.8, 4) is 5.75 Å². The van der Waals surface area contributed by atoms with E-state index in [4.69, 9.17) is 10.5 Å². The standard InChI is InChI=1S/C16H26N2O/c1-16(2,3)12-8-10-18(11-9-12)13-6-5-7-14(19-4)15(13)17/h5-7,12H,8-11,17H2,1-4H3. The van der Waals surface area contributed by atoms with Crippen LogP contribution in [0.15, 0.2) is 18.2 Å². The number of nitrogens with zero attached hydrogens (tertiary/aromatic N) is 1. The molecule has 3 nitrogen and oxygen atoms in total. The van der Waals surface area contributed by atoms with Crippen LogP contribution in [0.1, 0.15) is 33.6 Å². The van der Waals surface area contributed by atoms with Gasteiger partial charge < -0.3 is 15.4 Å². The number of para-hydroxylation sites is 1. The van der Waals surface area contributed by atoms with Gasteiger partial charge in [0.25, 0.3) is 0 Å². The Morgan fingerprint density at radius 2 is 1.84 bits per heavy atom. The molecule has 1 fully saturated rings. The molecule has 1 aliphatic heterocycles. The van der Waals surface area contributed by atoms with Crippen molar-refractivity contribution >= 4 is 11.4 Å². The minimum Gasteiger partial charge on any atom is -0.495 e. The second-order valence-corrected chi connectivity index (χ2v) is 6.52. The first-order chi connectivity index (χ1) is 8.93. The van der Waals surface area contributed by atoms with E-state index >= 15 is 0 Å². The van der Waals surface area contributed by atoms with Gasteiger partial charge in [-0.3, -0.25) is 0 Å². The SMILES string of the molecule is COc1cccc(N2CCC(C(C)(C)C)CC2)c1N. The molecule has 1 saturated heterocycles. The van der Waals surface area contributed by atoms with Crippen molar-refractivity contribution in [1.82, 2.24) is 0 Å². The molecule has 2 N–H and O–H groups in total. The van der Waals surface area contributed by atoms with Gasteiger partial charge in [-0.05, 0) is 36.3 Å². The van der Waals surface area contributed by atoms with E-state index in [-0.39, 0.29) is 0 Å². The van der Waals surface area contributed by atoms with Crippen LogP contribution in [0.4, 0.5) is 11.4 Å². The highest BCUT2D eigenvalue weighted by Gasteiger charge is 2.29. The fourth-order valence-corrected chi connectivity index (χ4v) is 2.97. The lowest BCUT2D eigenvalue weighted by molar-refractivity contribution is 0.199. The number of hydrogen-bond acceptors (Lipinski definition) is 3. The van der Waals surface area contributed by atoms with E-state index in [0.717, 1.165) is 36.1 Å². The van der Waals surface area contributed by atoms with Crippen molar-refractivity contribution in [3.05, 3.63) is 18.2 Å². The van der Waals surface area contributed by atoms with Crippen LogP contribution in [0.2, 0.25) is 0 Å².